The lowest BCUT2D eigenvalue weighted by atomic mass is 9.85. The summed E-state index contributed by atoms with van der Waals surface area (Å²) in [6.45, 7) is -1.01. The number of aromatic hydroxyl groups is 2. The van der Waals surface area contributed by atoms with Crippen LogP contribution in [0, 0.1) is 11.8 Å². The summed E-state index contributed by atoms with van der Waals surface area (Å²) >= 11 is 0. The molecule has 3 aliphatic heterocycles. The second kappa shape index (κ2) is 14.9. The molecule has 6 rings (SSSR count). The van der Waals surface area contributed by atoms with Crippen LogP contribution in [0.3, 0.4) is 0 Å². The molecular formula is C35H38O16. The summed E-state index contributed by atoms with van der Waals surface area (Å²) in [6, 6.07) is 9.03. The van der Waals surface area contributed by atoms with Gasteiger partial charge in [0, 0.05) is 18.1 Å². The van der Waals surface area contributed by atoms with Crippen molar-refractivity contribution in [2.45, 2.75) is 54.8 Å². The number of hydrogen-bond acceptors (Lipinski definition) is 16. The number of epoxide rings is 1. The van der Waals surface area contributed by atoms with E-state index in [0.717, 1.165) is 0 Å². The maximum atomic E-state index is 13.1. The van der Waals surface area contributed by atoms with Crippen LogP contribution in [0.1, 0.15) is 11.1 Å². The first-order chi connectivity index (χ1) is 24.5. The van der Waals surface area contributed by atoms with Gasteiger partial charge in [-0.1, -0.05) is 12.1 Å². The number of rotatable bonds is 12. The van der Waals surface area contributed by atoms with Crippen LogP contribution in [-0.2, 0) is 38.0 Å². The molecule has 16 heteroatoms. The molecule has 1 saturated carbocycles. The van der Waals surface area contributed by atoms with Crippen molar-refractivity contribution in [3.05, 3.63) is 72.0 Å². The van der Waals surface area contributed by atoms with Gasteiger partial charge in [-0.05, 0) is 53.6 Å². The van der Waals surface area contributed by atoms with E-state index in [9.17, 15) is 40.2 Å². The van der Waals surface area contributed by atoms with Gasteiger partial charge in [0.05, 0.1) is 33.0 Å². The third-order valence-corrected chi connectivity index (χ3v) is 9.27. The first-order valence-electron chi connectivity index (χ1n) is 15.9. The van der Waals surface area contributed by atoms with Gasteiger partial charge in [-0.15, -0.1) is 0 Å². The second-order valence-electron chi connectivity index (χ2n) is 12.3. The van der Waals surface area contributed by atoms with Crippen molar-refractivity contribution in [1.82, 2.24) is 0 Å². The lowest BCUT2D eigenvalue weighted by Gasteiger charge is -2.43. The number of benzene rings is 2. The van der Waals surface area contributed by atoms with Crippen molar-refractivity contribution in [1.29, 1.82) is 0 Å². The number of hydrogen-bond donors (Lipinski definition) is 6. The van der Waals surface area contributed by atoms with Gasteiger partial charge in [0.2, 0.25) is 6.29 Å². The Morgan fingerprint density at radius 3 is 2.10 bits per heavy atom. The van der Waals surface area contributed by atoms with Crippen molar-refractivity contribution >= 4 is 24.1 Å². The topological polar surface area (TPSA) is 233 Å². The Hall–Kier alpha value is -4.68. The molecule has 6 N–H and O–H groups in total. The summed E-state index contributed by atoms with van der Waals surface area (Å²) in [5, 5.41) is 60.5. The standard InChI is InChI=1S/C35H38O16/c1-44-22-13-17(3-7-20(22)37)5-9-25(39)47-16-35-27-19(11-12-46-33(27)50-34-30(43)29(42)28(41)24(15-36)48-34)31(32(35)51-35)49-26(40)10-6-18-4-8-21(38)23(14-18)45-2/h3-14,19,24,27-34,36-38,41-43H,15-16H2,1-2H3. The molecule has 1 aliphatic carbocycles. The largest absolute Gasteiger partial charge is 0.504 e. The van der Waals surface area contributed by atoms with Crippen molar-refractivity contribution < 1.29 is 78.1 Å². The monoisotopic (exact) mass is 714 g/mol. The van der Waals surface area contributed by atoms with Gasteiger partial charge < -0.3 is 68.5 Å². The number of methoxy groups -OCH3 is 2. The number of carbonyl (C=O) groups is 2. The zero-order valence-corrected chi connectivity index (χ0v) is 27.4. The highest BCUT2D eigenvalue weighted by Gasteiger charge is 2.78. The second-order valence-corrected chi connectivity index (χ2v) is 12.3. The molecule has 4 aliphatic rings. The number of ether oxygens (including phenoxy) is 8. The minimum Gasteiger partial charge on any atom is -0.504 e. The Morgan fingerprint density at radius 1 is 0.863 bits per heavy atom. The number of aliphatic hydroxyl groups is 4. The predicted octanol–water partition coefficient (Wildman–Crippen LogP) is 0.367. The molecule has 51 heavy (non-hydrogen) atoms. The van der Waals surface area contributed by atoms with Gasteiger partial charge >= 0.3 is 11.9 Å². The highest BCUT2D eigenvalue weighted by Crippen LogP contribution is 2.61. The van der Waals surface area contributed by atoms with Crippen LogP contribution < -0.4 is 9.47 Å². The van der Waals surface area contributed by atoms with Crippen LogP contribution in [0.2, 0.25) is 0 Å². The molecule has 2 aromatic carbocycles. The fourth-order valence-corrected chi connectivity index (χ4v) is 6.60. The maximum absolute atomic E-state index is 13.1. The fourth-order valence-electron chi connectivity index (χ4n) is 6.60. The van der Waals surface area contributed by atoms with Crippen LogP contribution in [-0.4, -0.2) is 125 Å². The first-order valence-corrected chi connectivity index (χ1v) is 15.9. The first kappa shape index (κ1) is 36.1. The normalized spacial score (nSPS) is 33.7. The molecule has 3 fully saturated rings. The summed E-state index contributed by atoms with van der Waals surface area (Å²) in [5.74, 6) is -2.62. The molecular weight excluding hydrogens is 676 g/mol. The van der Waals surface area contributed by atoms with E-state index < -0.39 is 85.2 Å². The van der Waals surface area contributed by atoms with Crippen molar-refractivity contribution in [2.24, 2.45) is 11.8 Å². The lowest BCUT2D eigenvalue weighted by Crippen LogP contribution is -2.60. The fraction of sp³-hybridized carbons (Fsp3) is 0.429. The van der Waals surface area contributed by atoms with E-state index in [1.165, 1.54) is 69.1 Å². The third kappa shape index (κ3) is 7.25. The van der Waals surface area contributed by atoms with Crippen LogP contribution >= 0.6 is 0 Å². The van der Waals surface area contributed by atoms with Gasteiger partial charge in [0.1, 0.15) is 48.8 Å². The molecule has 0 spiro atoms. The minimum absolute atomic E-state index is 0.0694. The highest BCUT2D eigenvalue weighted by molar-refractivity contribution is 5.88. The number of phenols is 2. The number of fused-ring (bicyclic) bond motifs is 3. The van der Waals surface area contributed by atoms with E-state index in [4.69, 9.17) is 37.9 Å². The molecule has 0 amide bonds. The molecule has 2 saturated heterocycles. The van der Waals surface area contributed by atoms with Gasteiger partial charge in [-0.25, -0.2) is 9.59 Å². The summed E-state index contributed by atoms with van der Waals surface area (Å²) in [7, 11) is 2.79. The van der Waals surface area contributed by atoms with Crippen molar-refractivity contribution in [3.8, 4) is 23.0 Å². The molecule has 11 atom stereocenters. The number of aliphatic hydroxyl groups excluding tert-OH is 4. The third-order valence-electron chi connectivity index (χ3n) is 9.27. The Balaban J connectivity index is 1.21. The average molecular weight is 715 g/mol. The molecule has 3 heterocycles. The summed E-state index contributed by atoms with van der Waals surface area (Å²) in [5.41, 5.74) is -0.197. The van der Waals surface area contributed by atoms with Gasteiger partial charge in [-0.2, -0.15) is 0 Å². The SMILES string of the molecule is COc1cc(C=CC(=O)OCC23OC2C(OC(=O)C=Cc2ccc(O)c(OC)c2)C2C=COC(OC4OC(CO)C(O)C(O)C4O)C23)ccc1O. The number of phenolic OH excluding ortho intramolecular Hbond substituents is 2. The van der Waals surface area contributed by atoms with Crippen molar-refractivity contribution in [2.75, 3.05) is 27.4 Å². The van der Waals surface area contributed by atoms with E-state index >= 15 is 0 Å². The van der Waals surface area contributed by atoms with E-state index in [0.29, 0.717) is 11.1 Å². The van der Waals surface area contributed by atoms with Crippen molar-refractivity contribution in [3.63, 3.8) is 0 Å². The van der Waals surface area contributed by atoms with Crippen LogP contribution in [0.4, 0.5) is 0 Å². The maximum Gasteiger partial charge on any atom is 0.331 e. The Labute approximate surface area is 291 Å². The van der Waals surface area contributed by atoms with E-state index in [1.807, 2.05) is 0 Å². The van der Waals surface area contributed by atoms with E-state index in [-0.39, 0.29) is 29.6 Å². The average Bonchev–Trinajstić information content (AvgIpc) is 3.80. The van der Waals surface area contributed by atoms with Gasteiger partial charge in [0.15, 0.2) is 29.3 Å². The molecule has 11 unspecified atom stereocenters. The molecule has 0 aromatic heterocycles. The summed E-state index contributed by atoms with van der Waals surface area (Å²) in [4.78, 5) is 26.0. The quantitative estimate of drug-likeness (QED) is 0.0990. The number of esters is 2. The molecule has 0 radical (unpaired) electrons. The van der Waals surface area contributed by atoms with Gasteiger partial charge in [0.25, 0.3) is 0 Å². The van der Waals surface area contributed by atoms with Crippen LogP contribution in [0.15, 0.2) is 60.9 Å². The highest BCUT2D eigenvalue weighted by atomic mass is 16.8. The predicted molar refractivity (Wildman–Crippen MR) is 172 cm³/mol. The Morgan fingerprint density at radius 2 is 1.49 bits per heavy atom. The van der Waals surface area contributed by atoms with Crippen LogP contribution in [0.5, 0.6) is 23.0 Å². The smallest absolute Gasteiger partial charge is 0.331 e. The van der Waals surface area contributed by atoms with E-state index in [1.54, 1.807) is 18.2 Å². The lowest BCUT2D eigenvalue weighted by molar-refractivity contribution is -0.344. The summed E-state index contributed by atoms with van der Waals surface area (Å²) < 4.78 is 45.1. The minimum atomic E-state index is -1.73. The molecule has 16 nitrogen and oxygen atoms in total. The molecule has 2 aromatic rings. The van der Waals surface area contributed by atoms with Gasteiger partial charge in [-0.3, -0.25) is 0 Å². The van der Waals surface area contributed by atoms with E-state index in [2.05, 4.69) is 0 Å². The zero-order valence-electron chi connectivity index (χ0n) is 27.4. The number of carbonyl (C=O) groups excluding carboxylic acids is 2. The Kier molecular flexibility index (Phi) is 10.5. The summed E-state index contributed by atoms with van der Waals surface area (Å²) in [6.07, 6.45) is -2.60. The van der Waals surface area contributed by atoms with Crippen LogP contribution in [0.25, 0.3) is 12.2 Å². The zero-order chi connectivity index (χ0) is 36.4. The Bertz CT molecular complexity index is 1690. The molecule has 274 valence electrons. The molecule has 0 bridgehead atoms.